The first-order valence-electron chi connectivity index (χ1n) is 6.28. The Morgan fingerprint density at radius 2 is 1.65 bits per heavy atom. The fourth-order valence-electron chi connectivity index (χ4n) is 1.84. The Bertz CT molecular complexity index is 655. The summed E-state index contributed by atoms with van der Waals surface area (Å²) in [5.74, 6) is -1.76. The molecule has 0 saturated carbocycles. The van der Waals surface area contributed by atoms with Gasteiger partial charge in [0, 0.05) is 5.69 Å². The van der Waals surface area contributed by atoms with Gasteiger partial charge in [0.05, 0.1) is 11.3 Å². The van der Waals surface area contributed by atoms with Gasteiger partial charge in [-0.05, 0) is 35.7 Å². The summed E-state index contributed by atoms with van der Waals surface area (Å²) in [5.41, 5.74) is 1.54. The van der Waals surface area contributed by atoms with Crippen molar-refractivity contribution in [1.82, 2.24) is 0 Å². The number of nitrogens with one attached hydrogen (secondary N) is 1. The summed E-state index contributed by atoms with van der Waals surface area (Å²) in [6.07, 6.45) is 0. The summed E-state index contributed by atoms with van der Waals surface area (Å²) >= 11 is 0. The quantitative estimate of drug-likeness (QED) is 0.878. The molecule has 0 fully saturated rings. The Hall–Kier alpha value is -2.41. The van der Waals surface area contributed by atoms with E-state index in [0.29, 0.717) is 11.6 Å². The molecule has 2 aromatic rings. The van der Waals surface area contributed by atoms with E-state index in [4.69, 9.17) is 5.26 Å². The molecule has 2 nitrogen and oxygen atoms in total. The first-order valence-corrected chi connectivity index (χ1v) is 6.28. The lowest BCUT2D eigenvalue weighted by atomic mass is 10.0. The molecular weight excluding hydrogens is 258 g/mol. The van der Waals surface area contributed by atoms with Crippen molar-refractivity contribution in [2.75, 3.05) is 5.32 Å². The highest BCUT2D eigenvalue weighted by Gasteiger charge is 2.13. The average molecular weight is 272 g/mol. The standard InChI is InChI=1S/C16H14F2N2/c1-10(2)11-3-6-13(7-4-11)20-14-8-5-12(9-19)15(17)16(14)18/h3-8,10,20H,1-2H3. The van der Waals surface area contributed by atoms with Crippen LogP contribution in [0.15, 0.2) is 36.4 Å². The van der Waals surface area contributed by atoms with E-state index in [0.717, 1.165) is 0 Å². The van der Waals surface area contributed by atoms with Crippen molar-refractivity contribution in [3.05, 3.63) is 59.2 Å². The summed E-state index contributed by atoms with van der Waals surface area (Å²) in [7, 11) is 0. The molecule has 2 rings (SSSR count). The summed E-state index contributed by atoms with van der Waals surface area (Å²) in [6.45, 7) is 4.16. The summed E-state index contributed by atoms with van der Waals surface area (Å²) in [5, 5.41) is 11.4. The van der Waals surface area contributed by atoms with E-state index < -0.39 is 11.6 Å². The number of hydrogen-bond acceptors (Lipinski definition) is 2. The smallest absolute Gasteiger partial charge is 0.183 e. The fourth-order valence-corrected chi connectivity index (χ4v) is 1.84. The predicted octanol–water partition coefficient (Wildman–Crippen LogP) is 4.70. The zero-order valence-electron chi connectivity index (χ0n) is 11.2. The molecule has 102 valence electrons. The van der Waals surface area contributed by atoms with Gasteiger partial charge < -0.3 is 5.32 Å². The molecule has 0 unspecified atom stereocenters. The molecule has 20 heavy (non-hydrogen) atoms. The lowest BCUT2D eigenvalue weighted by molar-refractivity contribution is 0.509. The summed E-state index contributed by atoms with van der Waals surface area (Å²) in [4.78, 5) is 0. The van der Waals surface area contributed by atoms with E-state index >= 15 is 0 Å². The first kappa shape index (κ1) is 14.0. The molecule has 0 aliphatic carbocycles. The molecule has 2 aromatic carbocycles. The zero-order valence-corrected chi connectivity index (χ0v) is 11.2. The highest BCUT2D eigenvalue weighted by atomic mass is 19.2. The van der Waals surface area contributed by atoms with E-state index in [1.54, 1.807) is 6.07 Å². The number of nitrogens with zero attached hydrogens (tertiary/aromatic N) is 1. The van der Waals surface area contributed by atoms with Crippen LogP contribution in [0.25, 0.3) is 0 Å². The van der Waals surface area contributed by atoms with Gasteiger partial charge in [-0.2, -0.15) is 5.26 Å². The molecule has 0 aromatic heterocycles. The number of anilines is 2. The second-order valence-corrected chi connectivity index (χ2v) is 4.80. The lowest BCUT2D eigenvalue weighted by Gasteiger charge is -2.10. The highest BCUT2D eigenvalue weighted by Crippen LogP contribution is 2.25. The highest BCUT2D eigenvalue weighted by molar-refractivity contribution is 5.61. The molecule has 1 N–H and O–H groups in total. The second-order valence-electron chi connectivity index (χ2n) is 4.80. The zero-order chi connectivity index (χ0) is 14.7. The molecule has 0 saturated heterocycles. The summed E-state index contributed by atoms with van der Waals surface area (Å²) < 4.78 is 27.3. The fraction of sp³-hybridized carbons (Fsp3) is 0.188. The number of halogens is 2. The van der Waals surface area contributed by atoms with Crippen LogP contribution < -0.4 is 5.32 Å². The Kier molecular flexibility index (Phi) is 3.99. The van der Waals surface area contributed by atoms with Gasteiger partial charge in [-0.25, -0.2) is 8.78 Å². The molecule has 0 atom stereocenters. The van der Waals surface area contributed by atoms with Crippen LogP contribution in [-0.2, 0) is 0 Å². The molecule has 4 heteroatoms. The van der Waals surface area contributed by atoms with Gasteiger partial charge in [0.1, 0.15) is 6.07 Å². The third kappa shape index (κ3) is 2.77. The maximum Gasteiger partial charge on any atom is 0.183 e. The third-order valence-electron chi connectivity index (χ3n) is 3.06. The number of benzene rings is 2. The Morgan fingerprint density at radius 3 is 2.20 bits per heavy atom. The molecule has 0 heterocycles. The summed E-state index contributed by atoms with van der Waals surface area (Å²) in [6, 6.07) is 11.7. The minimum Gasteiger partial charge on any atom is -0.353 e. The lowest BCUT2D eigenvalue weighted by Crippen LogP contribution is -1.99. The average Bonchev–Trinajstić information content (AvgIpc) is 2.45. The van der Waals surface area contributed by atoms with Gasteiger partial charge >= 0.3 is 0 Å². The first-order chi connectivity index (χ1) is 9.52. The molecular formula is C16H14F2N2. The van der Waals surface area contributed by atoms with Crippen molar-refractivity contribution in [2.45, 2.75) is 19.8 Å². The SMILES string of the molecule is CC(C)c1ccc(Nc2ccc(C#N)c(F)c2F)cc1. The molecule has 0 bridgehead atoms. The van der Waals surface area contributed by atoms with E-state index in [9.17, 15) is 8.78 Å². The third-order valence-corrected chi connectivity index (χ3v) is 3.06. The van der Waals surface area contributed by atoms with Crippen LogP contribution in [0, 0.1) is 23.0 Å². The van der Waals surface area contributed by atoms with Gasteiger partial charge in [0.25, 0.3) is 0 Å². The minimum absolute atomic E-state index is 0.0128. The van der Waals surface area contributed by atoms with Crippen molar-refractivity contribution in [3.63, 3.8) is 0 Å². The Balaban J connectivity index is 2.27. The van der Waals surface area contributed by atoms with E-state index in [1.807, 2.05) is 24.3 Å². The van der Waals surface area contributed by atoms with Gasteiger partial charge in [-0.1, -0.05) is 26.0 Å². The maximum atomic E-state index is 13.8. The second kappa shape index (κ2) is 5.70. The van der Waals surface area contributed by atoms with E-state index in [1.165, 1.54) is 17.7 Å². The Labute approximate surface area is 116 Å². The van der Waals surface area contributed by atoms with Gasteiger partial charge in [0.2, 0.25) is 0 Å². The largest absolute Gasteiger partial charge is 0.353 e. The Morgan fingerprint density at radius 1 is 1.00 bits per heavy atom. The molecule has 0 aliphatic heterocycles. The number of nitriles is 1. The molecule has 0 aliphatic rings. The van der Waals surface area contributed by atoms with Crippen LogP contribution >= 0.6 is 0 Å². The van der Waals surface area contributed by atoms with E-state index in [-0.39, 0.29) is 11.3 Å². The topological polar surface area (TPSA) is 35.8 Å². The van der Waals surface area contributed by atoms with Crippen LogP contribution in [0.5, 0.6) is 0 Å². The van der Waals surface area contributed by atoms with Crippen LogP contribution in [0.2, 0.25) is 0 Å². The number of hydrogen-bond donors (Lipinski definition) is 1. The van der Waals surface area contributed by atoms with Crippen molar-refractivity contribution >= 4 is 11.4 Å². The maximum absolute atomic E-state index is 13.8. The minimum atomic E-state index is -1.13. The molecule has 0 spiro atoms. The van der Waals surface area contributed by atoms with Crippen LogP contribution in [-0.4, -0.2) is 0 Å². The van der Waals surface area contributed by atoms with Crippen LogP contribution in [0.3, 0.4) is 0 Å². The molecule has 0 radical (unpaired) electrons. The van der Waals surface area contributed by atoms with Gasteiger partial charge in [-0.3, -0.25) is 0 Å². The van der Waals surface area contributed by atoms with Crippen LogP contribution in [0.1, 0.15) is 30.9 Å². The number of rotatable bonds is 3. The van der Waals surface area contributed by atoms with E-state index in [2.05, 4.69) is 19.2 Å². The van der Waals surface area contributed by atoms with Gasteiger partial charge in [0.15, 0.2) is 11.6 Å². The van der Waals surface area contributed by atoms with Crippen molar-refractivity contribution < 1.29 is 8.78 Å². The molecule has 0 amide bonds. The van der Waals surface area contributed by atoms with Crippen molar-refractivity contribution in [2.24, 2.45) is 0 Å². The van der Waals surface area contributed by atoms with Gasteiger partial charge in [-0.15, -0.1) is 0 Å². The monoisotopic (exact) mass is 272 g/mol. The van der Waals surface area contributed by atoms with Crippen LogP contribution in [0.4, 0.5) is 20.2 Å². The predicted molar refractivity (Wildman–Crippen MR) is 74.9 cm³/mol. The normalized spacial score (nSPS) is 10.4. The van der Waals surface area contributed by atoms with Crippen molar-refractivity contribution in [1.29, 1.82) is 5.26 Å². The van der Waals surface area contributed by atoms with Crippen molar-refractivity contribution in [3.8, 4) is 6.07 Å².